The lowest BCUT2D eigenvalue weighted by Gasteiger charge is -2.09. The number of nitrogens with one attached hydrogen (secondary N) is 1. The molecule has 0 aliphatic carbocycles. The number of hydrogen-bond acceptors (Lipinski definition) is 4. The zero-order chi connectivity index (χ0) is 18.9. The van der Waals surface area contributed by atoms with Crippen LogP contribution < -0.4 is 10.1 Å². The molecule has 0 aliphatic rings. The molecule has 0 heterocycles. The highest BCUT2D eigenvalue weighted by Crippen LogP contribution is 2.19. The van der Waals surface area contributed by atoms with Gasteiger partial charge in [0.25, 0.3) is 5.91 Å². The molecule has 0 atom stereocenters. The lowest BCUT2D eigenvalue weighted by Crippen LogP contribution is -2.32. The third-order valence-corrected chi connectivity index (χ3v) is 3.86. The van der Waals surface area contributed by atoms with Gasteiger partial charge in [-0.05, 0) is 36.4 Å². The van der Waals surface area contributed by atoms with E-state index in [0.717, 1.165) is 0 Å². The number of carbonyl (C=O) groups is 2. The van der Waals surface area contributed by atoms with Crippen molar-refractivity contribution in [1.29, 1.82) is 0 Å². The van der Waals surface area contributed by atoms with E-state index in [0.29, 0.717) is 10.8 Å². The van der Waals surface area contributed by atoms with Gasteiger partial charge in [0.1, 0.15) is 18.2 Å². The van der Waals surface area contributed by atoms with Crippen molar-refractivity contribution in [2.45, 2.75) is 6.42 Å². The molecule has 0 aromatic heterocycles. The van der Waals surface area contributed by atoms with Crippen molar-refractivity contribution in [3.8, 4) is 5.75 Å². The van der Waals surface area contributed by atoms with Crippen LogP contribution in [0.2, 0.25) is 10.0 Å². The molecule has 26 heavy (non-hydrogen) atoms. The molecule has 5 nitrogen and oxygen atoms in total. The van der Waals surface area contributed by atoms with Crippen LogP contribution in [0.4, 0.5) is 4.39 Å². The average Bonchev–Trinajstić information content (AvgIpc) is 2.62. The third kappa shape index (κ3) is 6.54. The Hall–Kier alpha value is -2.31. The Kier molecular flexibility index (Phi) is 7.69. The summed E-state index contributed by atoms with van der Waals surface area (Å²) < 4.78 is 23.8. The van der Waals surface area contributed by atoms with Crippen molar-refractivity contribution in [3.05, 3.63) is 63.9 Å². The first-order valence-electron chi connectivity index (χ1n) is 7.69. The molecule has 0 saturated heterocycles. The van der Waals surface area contributed by atoms with Crippen molar-refractivity contribution < 1.29 is 23.5 Å². The molecule has 138 valence electrons. The summed E-state index contributed by atoms with van der Waals surface area (Å²) in [6.45, 7) is 0.0101. The molecule has 1 amide bonds. The van der Waals surface area contributed by atoms with Crippen molar-refractivity contribution in [1.82, 2.24) is 5.32 Å². The molecule has 0 unspecified atom stereocenters. The van der Waals surface area contributed by atoms with Crippen LogP contribution in [0, 0.1) is 5.82 Å². The fourth-order valence-electron chi connectivity index (χ4n) is 1.98. The van der Waals surface area contributed by atoms with Crippen LogP contribution >= 0.6 is 23.2 Å². The molecule has 2 rings (SSSR count). The molecule has 0 aliphatic heterocycles. The molecular formula is C18H16Cl2FNO4. The zero-order valence-electron chi connectivity index (χ0n) is 13.6. The fourth-order valence-corrected chi connectivity index (χ4v) is 2.34. The van der Waals surface area contributed by atoms with Gasteiger partial charge in [-0.3, -0.25) is 9.59 Å². The minimum absolute atomic E-state index is 0.0379. The molecule has 0 saturated carbocycles. The third-order valence-electron chi connectivity index (χ3n) is 3.25. The monoisotopic (exact) mass is 399 g/mol. The molecule has 0 radical (unpaired) electrons. The molecular weight excluding hydrogens is 384 g/mol. The summed E-state index contributed by atoms with van der Waals surface area (Å²) in [4.78, 5) is 23.3. The maximum Gasteiger partial charge on any atom is 0.310 e. The second kappa shape index (κ2) is 9.99. The molecule has 2 aromatic carbocycles. The van der Waals surface area contributed by atoms with Crippen molar-refractivity contribution in [2.24, 2.45) is 0 Å². The number of esters is 1. The van der Waals surface area contributed by atoms with E-state index in [-0.39, 0.29) is 30.2 Å². The largest absolute Gasteiger partial charge is 0.492 e. The number of amides is 1. The molecule has 0 fully saturated rings. The van der Waals surface area contributed by atoms with E-state index in [2.05, 4.69) is 5.32 Å². The van der Waals surface area contributed by atoms with Crippen LogP contribution in [0.15, 0.2) is 42.5 Å². The van der Waals surface area contributed by atoms with E-state index in [4.69, 9.17) is 32.7 Å². The van der Waals surface area contributed by atoms with Crippen LogP contribution in [-0.4, -0.2) is 31.6 Å². The van der Waals surface area contributed by atoms with Crippen molar-refractivity contribution in [3.63, 3.8) is 0 Å². The normalized spacial score (nSPS) is 10.3. The van der Waals surface area contributed by atoms with Crippen LogP contribution in [0.1, 0.15) is 5.56 Å². The lowest BCUT2D eigenvalue weighted by molar-refractivity contribution is -0.147. The van der Waals surface area contributed by atoms with Gasteiger partial charge in [-0.1, -0.05) is 29.3 Å². The van der Waals surface area contributed by atoms with E-state index in [1.165, 1.54) is 18.2 Å². The number of halogens is 3. The fraction of sp³-hybridized carbons (Fsp3) is 0.222. The van der Waals surface area contributed by atoms with Gasteiger partial charge < -0.3 is 14.8 Å². The van der Waals surface area contributed by atoms with Gasteiger partial charge in [0.05, 0.1) is 13.0 Å². The second-order valence-electron chi connectivity index (χ2n) is 5.19. The topological polar surface area (TPSA) is 64.6 Å². The van der Waals surface area contributed by atoms with Gasteiger partial charge >= 0.3 is 5.97 Å². The summed E-state index contributed by atoms with van der Waals surface area (Å²) in [7, 11) is 0. The maximum atomic E-state index is 13.6. The Bertz CT molecular complexity index is 748. The Morgan fingerprint density at radius 2 is 1.81 bits per heavy atom. The standard InChI is InChI=1S/C18H16Cl2FNO4/c19-12-4-6-13(7-5-12)25-9-8-22-17(23)11-26-18(24)10-14-15(20)2-1-3-16(14)21/h1-7H,8-11H2,(H,22,23). The summed E-state index contributed by atoms with van der Waals surface area (Å²) in [6, 6.07) is 10.9. The lowest BCUT2D eigenvalue weighted by atomic mass is 10.1. The van der Waals surface area contributed by atoms with Crippen molar-refractivity contribution in [2.75, 3.05) is 19.8 Å². The molecule has 8 heteroatoms. The Labute approximate surface area is 160 Å². The predicted molar refractivity (Wildman–Crippen MR) is 96.0 cm³/mol. The molecule has 0 bridgehead atoms. The van der Waals surface area contributed by atoms with E-state index < -0.39 is 24.3 Å². The minimum Gasteiger partial charge on any atom is -0.492 e. The highest BCUT2D eigenvalue weighted by atomic mass is 35.5. The summed E-state index contributed by atoms with van der Waals surface area (Å²) in [5.74, 6) is -1.21. The first-order chi connectivity index (χ1) is 12.5. The van der Waals surface area contributed by atoms with Gasteiger partial charge in [0.15, 0.2) is 6.61 Å². The van der Waals surface area contributed by atoms with Gasteiger partial charge in [-0.2, -0.15) is 0 Å². The zero-order valence-corrected chi connectivity index (χ0v) is 15.1. The molecule has 1 N–H and O–H groups in total. The Morgan fingerprint density at radius 3 is 2.50 bits per heavy atom. The summed E-state index contributed by atoms with van der Waals surface area (Å²) in [5, 5.41) is 3.27. The number of carbonyl (C=O) groups excluding carboxylic acids is 2. The van der Waals surface area contributed by atoms with Crippen LogP contribution in [0.3, 0.4) is 0 Å². The smallest absolute Gasteiger partial charge is 0.310 e. The number of hydrogen-bond donors (Lipinski definition) is 1. The summed E-state index contributed by atoms with van der Waals surface area (Å²) in [6.07, 6.45) is -0.349. The van der Waals surface area contributed by atoms with Gasteiger partial charge in [-0.25, -0.2) is 4.39 Å². The van der Waals surface area contributed by atoms with Gasteiger partial charge in [0, 0.05) is 15.6 Å². The number of benzene rings is 2. The Balaban J connectivity index is 1.65. The minimum atomic E-state index is -0.746. The van der Waals surface area contributed by atoms with E-state index >= 15 is 0 Å². The predicted octanol–water partition coefficient (Wildman–Crippen LogP) is 3.41. The maximum absolute atomic E-state index is 13.6. The molecule has 2 aromatic rings. The number of ether oxygens (including phenoxy) is 2. The van der Waals surface area contributed by atoms with E-state index in [1.807, 2.05) is 0 Å². The van der Waals surface area contributed by atoms with Crippen LogP contribution in [0.25, 0.3) is 0 Å². The summed E-state index contributed by atoms with van der Waals surface area (Å²) in [5.41, 5.74) is 0.0379. The Morgan fingerprint density at radius 1 is 1.08 bits per heavy atom. The van der Waals surface area contributed by atoms with Crippen LogP contribution in [-0.2, 0) is 20.7 Å². The highest BCUT2D eigenvalue weighted by molar-refractivity contribution is 6.31. The SMILES string of the molecule is O=C(COC(=O)Cc1c(F)cccc1Cl)NCCOc1ccc(Cl)cc1. The summed E-state index contributed by atoms with van der Waals surface area (Å²) >= 11 is 11.6. The van der Waals surface area contributed by atoms with Crippen molar-refractivity contribution >= 4 is 35.1 Å². The van der Waals surface area contributed by atoms with E-state index in [1.54, 1.807) is 24.3 Å². The van der Waals surface area contributed by atoms with Crippen LogP contribution in [0.5, 0.6) is 5.75 Å². The second-order valence-corrected chi connectivity index (χ2v) is 6.03. The quantitative estimate of drug-likeness (QED) is 0.545. The first kappa shape index (κ1) is 20.0. The average molecular weight is 400 g/mol. The highest BCUT2D eigenvalue weighted by Gasteiger charge is 2.14. The van der Waals surface area contributed by atoms with E-state index in [9.17, 15) is 14.0 Å². The molecule has 0 spiro atoms. The van der Waals surface area contributed by atoms with Gasteiger partial charge in [0.2, 0.25) is 0 Å². The first-order valence-corrected chi connectivity index (χ1v) is 8.45. The van der Waals surface area contributed by atoms with Gasteiger partial charge in [-0.15, -0.1) is 0 Å². The number of rotatable bonds is 8.